The third kappa shape index (κ3) is 5.09. The molecule has 1 aliphatic rings. The Bertz CT molecular complexity index is 857. The highest BCUT2D eigenvalue weighted by Gasteiger charge is 2.48. The van der Waals surface area contributed by atoms with Gasteiger partial charge in [0.05, 0.1) is 0 Å². The number of fused-ring (bicyclic) bond motifs is 1. The molecule has 0 saturated carbocycles. The zero-order valence-corrected chi connectivity index (χ0v) is 17.2. The van der Waals surface area contributed by atoms with Gasteiger partial charge in [-0.2, -0.15) is 21.6 Å². The van der Waals surface area contributed by atoms with Gasteiger partial charge in [-0.25, -0.2) is 4.79 Å². The Labute approximate surface area is 162 Å². The molecule has 1 amide bonds. The fraction of sp³-hybridized carbons (Fsp3) is 0.611. The molecular formula is C18H24F3NO5S. The van der Waals surface area contributed by atoms with E-state index < -0.39 is 38.5 Å². The zero-order chi connectivity index (χ0) is 21.5. The molecule has 158 valence electrons. The molecule has 10 heteroatoms. The number of nitrogens with zero attached hydrogens (tertiary/aromatic N) is 1. The first-order chi connectivity index (χ1) is 12.5. The van der Waals surface area contributed by atoms with Gasteiger partial charge < -0.3 is 13.8 Å². The molecule has 1 heterocycles. The number of rotatable bonds is 2. The highest BCUT2D eigenvalue weighted by molar-refractivity contribution is 7.88. The van der Waals surface area contributed by atoms with Crippen LogP contribution in [0.2, 0.25) is 0 Å². The summed E-state index contributed by atoms with van der Waals surface area (Å²) in [6.45, 7) is 9.67. The van der Waals surface area contributed by atoms with Crippen LogP contribution in [0.1, 0.15) is 45.7 Å². The Morgan fingerprint density at radius 3 is 2.32 bits per heavy atom. The minimum atomic E-state index is -5.74. The van der Waals surface area contributed by atoms with Crippen molar-refractivity contribution < 1.29 is 35.3 Å². The van der Waals surface area contributed by atoms with Crippen LogP contribution in [-0.2, 0) is 26.7 Å². The van der Waals surface area contributed by atoms with Crippen molar-refractivity contribution in [2.24, 2.45) is 0 Å². The van der Waals surface area contributed by atoms with Crippen LogP contribution in [0, 0.1) is 0 Å². The standard InChI is InChI=1S/C18H24F3NO5S/c1-16(2,3)26-15(23)22-9-8-12-10-13(27-28(24,25)18(19,20)21)6-7-14(12)17(4,5)11-22/h6-7,10H,8-9,11H2,1-5H3. The van der Waals surface area contributed by atoms with Crippen LogP contribution in [-0.4, -0.2) is 43.6 Å². The predicted octanol–water partition coefficient (Wildman–Crippen LogP) is 3.99. The molecule has 0 spiro atoms. The number of carbonyl (C=O) groups excluding carboxylic acids is 1. The van der Waals surface area contributed by atoms with Gasteiger partial charge in [0, 0.05) is 18.5 Å². The first-order valence-corrected chi connectivity index (χ1v) is 10.0. The second kappa shape index (κ2) is 7.13. The number of benzene rings is 1. The number of ether oxygens (including phenoxy) is 1. The number of amides is 1. The number of hydrogen-bond donors (Lipinski definition) is 0. The van der Waals surface area contributed by atoms with E-state index in [1.807, 2.05) is 13.8 Å². The first-order valence-electron chi connectivity index (χ1n) is 8.64. The molecule has 0 fully saturated rings. The highest BCUT2D eigenvalue weighted by Crippen LogP contribution is 2.35. The second-order valence-corrected chi connectivity index (χ2v) is 9.88. The van der Waals surface area contributed by atoms with E-state index in [-0.39, 0.29) is 6.54 Å². The summed E-state index contributed by atoms with van der Waals surface area (Å²) >= 11 is 0. The lowest BCUT2D eigenvalue weighted by Crippen LogP contribution is -2.42. The van der Waals surface area contributed by atoms with Crippen LogP contribution in [0.4, 0.5) is 18.0 Å². The third-order valence-corrected chi connectivity index (χ3v) is 5.16. The van der Waals surface area contributed by atoms with Crippen LogP contribution >= 0.6 is 0 Å². The lowest BCUT2D eigenvalue weighted by Gasteiger charge is -2.32. The molecule has 0 aromatic heterocycles. The fourth-order valence-corrected chi connectivity index (χ4v) is 3.49. The molecule has 0 unspecified atom stereocenters. The van der Waals surface area contributed by atoms with E-state index in [4.69, 9.17) is 4.74 Å². The van der Waals surface area contributed by atoms with Crippen molar-refractivity contribution in [1.82, 2.24) is 4.90 Å². The zero-order valence-electron chi connectivity index (χ0n) is 16.4. The average molecular weight is 423 g/mol. The molecule has 0 saturated heterocycles. The van der Waals surface area contributed by atoms with Crippen molar-refractivity contribution in [2.45, 2.75) is 57.6 Å². The quantitative estimate of drug-likeness (QED) is 0.531. The number of hydrogen-bond acceptors (Lipinski definition) is 5. The molecule has 1 aromatic rings. The van der Waals surface area contributed by atoms with E-state index in [9.17, 15) is 26.4 Å². The summed E-state index contributed by atoms with van der Waals surface area (Å²) < 4.78 is 69.8. The molecule has 0 radical (unpaired) electrons. The van der Waals surface area contributed by atoms with Crippen LogP contribution in [0.5, 0.6) is 5.75 Å². The van der Waals surface area contributed by atoms with Gasteiger partial charge in [-0.1, -0.05) is 19.9 Å². The predicted molar refractivity (Wildman–Crippen MR) is 96.6 cm³/mol. The SMILES string of the molecule is CC(C)(C)OC(=O)N1CCc2cc(OS(=O)(=O)C(F)(F)F)ccc2C(C)(C)C1. The van der Waals surface area contributed by atoms with E-state index in [0.29, 0.717) is 18.5 Å². The average Bonchev–Trinajstić information content (AvgIpc) is 2.60. The summed E-state index contributed by atoms with van der Waals surface area (Å²) in [5.41, 5.74) is -5.27. The summed E-state index contributed by atoms with van der Waals surface area (Å²) in [7, 11) is -5.74. The number of alkyl halides is 3. The van der Waals surface area contributed by atoms with Gasteiger partial charge >= 0.3 is 21.7 Å². The van der Waals surface area contributed by atoms with E-state index in [1.165, 1.54) is 23.1 Å². The second-order valence-electron chi connectivity index (χ2n) is 8.34. The fourth-order valence-electron chi connectivity index (χ4n) is 3.04. The van der Waals surface area contributed by atoms with Crippen LogP contribution < -0.4 is 4.18 Å². The maximum Gasteiger partial charge on any atom is 0.534 e. The number of carbonyl (C=O) groups is 1. The number of halogens is 3. The molecule has 0 N–H and O–H groups in total. The van der Waals surface area contributed by atoms with Crippen molar-refractivity contribution >= 4 is 16.2 Å². The third-order valence-electron chi connectivity index (χ3n) is 4.18. The monoisotopic (exact) mass is 423 g/mol. The smallest absolute Gasteiger partial charge is 0.444 e. The van der Waals surface area contributed by atoms with E-state index in [1.54, 1.807) is 20.8 Å². The molecular weight excluding hydrogens is 399 g/mol. The van der Waals surface area contributed by atoms with Crippen molar-refractivity contribution in [1.29, 1.82) is 0 Å². The molecule has 1 aromatic carbocycles. The van der Waals surface area contributed by atoms with Gasteiger partial charge in [-0.05, 0) is 50.5 Å². The highest BCUT2D eigenvalue weighted by atomic mass is 32.2. The van der Waals surface area contributed by atoms with E-state index in [2.05, 4.69) is 4.18 Å². The first kappa shape index (κ1) is 22.3. The van der Waals surface area contributed by atoms with Crippen molar-refractivity contribution in [3.63, 3.8) is 0 Å². The van der Waals surface area contributed by atoms with Crippen molar-refractivity contribution in [2.75, 3.05) is 13.1 Å². The normalized spacial score (nSPS) is 17.5. The summed E-state index contributed by atoms with van der Waals surface area (Å²) in [6, 6.07) is 4.00. The van der Waals surface area contributed by atoms with E-state index >= 15 is 0 Å². The largest absolute Gasteiger partial charge is 0.534 e. The Morgan fingerprint density at radius 1 is 1.18 bits per heavy atom. The Kier molecular flexibility index (Phi) is 5.68. The Morgan fingerprint density at radius 2 is 1.79 bits per heavy atom. The Hall–Kier alpha value is -1.97. The van der Waals surface area contributed by atoms with Gasteiger partial charge in [-0.15, -0.1) is 0 Å². The van der Waals surface area contributed by atoms with Gasteiger partial charge in [-0.3, -0.25) is 0 Å². The summed E-state index contributed by atoms with van der Waals surface area (Å²) in [5.74, 6) is -0.419. The molecule has 2 rings (SSSR count). The van der Waals surface area contributed by atoms with Gasteiger partial charge in [0.25, 0.3) is 0 Å². The van der Waals surface area contributed by atoms with Crippen LogP contribution in [0.25, 0.3) is 0 Å². The molecule has 0 atom stereocenters. The molecule has 6 nitrogen and oxygen atoms in total. The maximum absolute atomic E-state index is 12.6. The van der Waals surface area contributed by atoms with Gasteiger partial charge in [0.1, 0.15) is 11.4 Å². The Balaban J connectivity index is 2.30. The lowest BCUT2D eigenvalue weighted by molar-refractivity contribution is -0.0500. The summed E-state index contributed by atoms with van der Waals surface area (Å²) in [4.78, 5) is 14.0. The van der Waals surface area contributed by atoms with Crippen LogP contribution in [0.15, 0.2) is 18.2 Å². The molecule has 0 aliphatic carbocycles. The molecule has 0 bridgehead atoms. The summed E-state index contributed by atoms with van der Waals surface area (Å²) in [5, 5.41) is 0. The molecule has 28 heavy (non-hydrogen) atoms. The van der Waals surface area contributed by atoms with Crippen LogP contribution in [0.3, 0.4) is 0 Å². The minimum Gasteiger partial charge on any atom is -0.444 e. The topological polar surface area (TPSA) is 72.9 Å². The minimum absolute atomic E-state index is 0.279. The van der Waals surface area contributed by atoms with E-state index in [0.717, 1.165) is 5.56 Å². The van der Waals surface area contributed by atoms with Crippen molar-refractivity contribution in [3.8, 4) is 5.75 Å². The summed E-state index contributed by atoms with van der Waals surface area (Å²) in [6.07, 6.45) is -0.161. The molecule has 1 aliphatic heterocycles. The van der Waals surface area contributed by atoms with Gasteiger partial charge in [0.2, 0.25) is 0 Å². The van der Waals surface area contributed by atoms with Gasteiger partial charge in [0.15, 0.2) is 0 Å². The van der Waals surface area contributed by atoms with Crippen molar-refractivity contribution in [3.05, 3.63) is 29.3 Å². The maximum atomic E-state index is 12.6. The lowest BCUT2D eigenvalue weighted by atomic mass is 9.82.